The maximum Gasteiger partial charge on any atom is 0.308 e. The molecule has 18 heavy (non-hydrogen) atoms. The normalized spacial score (nSPS) is 14.4. The fraction of sp³-hybridized carbons (Fsp3) is 0.455. The Kier molecular flexibility index (Phi) is 3.42. The molecule has 2 atom stereocenters. The lowest BCUT2D eigenvalue weighted by Crippen LogP contribution is -2.23. The van der Waals surface area contributed by atoms with E-state index < -0.39 is 11.9 Å². The van der Waals surface area contributed by atoms with Crippen LogP contribution in [0.2, 0.25) is 0 Å². The Labute approximate surface area is 108 Å². The summed E-state index contributed by atoms with van der Waals surface area (Å²) >= 11 is 1.57. The number of thiophene rings is 1. The third kappa shape index (κ3) is 2.13. The van der Waals surface area contributed by atoms with Crippen molar-refractivity contribution in [2.24, 2.45) is 5.92 Å². The molecule has 1 N–H and O–H groups in total. The molecule has 0 fully saturated rings. The minimum atomic E-state index is -0.856. The summed E-state index contributed by atoms with van der Waals surface area (Å²) in [7, 11) is 0. The van der Waals surface area contributed by atoms with Gasteiger partial charge < -0.3 is 5.11 Å². The summed E-state index contributed by atoms with van der Waals surface area (Å²) < 4.78 is 1.58. The number of carboxylic acid groups (broad SMARTS) is 1. The van der Waals surface area contributed by atoms with Gasteiger partial charge in [-0.25, -0.2) is 4.68 Å². The molecule has 0 bridgehead atoms. The van der Waals surface area contributed by atoms with Gasteiger partial charge in [0.1, 0.15) is 0 Å². The van der Waals surface area contributed by atoms with Crippen LogP contribution < -0.4 is 0 Å². The summed E-state index contributed by atoms with van der Waals surface area (Å²) in [5, 5.41) is 24.6. The van der Waals surface area contributed by atoms with Crippen LogP contribution in [0.15, 0.2) is 10.8 Å². The second-order valence-corrected chi connectivity index (χ2v) is 5.03. The molecule has 2 rings (SSSR count). The van der Waals surface area contributed by atoms with Crippen LogP contribution in [0.25, 0.3) is 11.4 Å². The number of tetrazole rings is 1. The van der Waals surface area contributed by atoms with Crippen molar-refractivity contribution < 1.29 is 9.90 Å². The number of aliphatic carboxylic acids is 1. The highest BCUT2D eigenvalue weighted by molar-refractivity contribution is 7.08. The van der Waals surface area contributed by atoms with E-state index in [1.165, 1.54) is 0 Å². The molecule has 2 aromatic rings. The number of rotatable bonds is 4. The molecular weight excluding hydrogens is 252 g/mol. The van der Waals surface area contributed by atoms with Gasteiger partial charge in [0.2, 0.25) is 0 Å². The zero-order chi connectivity index (χ0) is 13.3. The summed E-state index contributed by atoms with van der Waals surface area (Å²) in [6, 6.07) is -0.299. The summed E-state index contributed by atoms with van der Waals surface area (Å²) in [6.07, 6.45) is 0. The molecule has 2 heterocycles. The van der Waals surface area contributed by atoms with Gasteiger partial charge >= 0.3 is 5.97 Å². The van der Waals surface area contributed by atoms with Crippen LogP contribution in [0.3, 0.4) is 0 Å². The molecule has 0 aliphatic heterocycles. The first kappa shape index (κ1) is 12.7. The summed E-state index contributed by atoms with van der Waals surface area (Å²) in [6.45, 7) is 5.44. The molecule has 96 valence electrons. The maximum atomic E-state index is 11.0. The van der Waals surface area contributed by atoms with Crippen LogP contribution >= 0.6 is 11.3 Å². The number of aryl methyl sites for hydroxylation is 1. The monoisotopic (exact) mass is 266 g/mol. The number of carboxylic acids is 1. The molecule has 0 aliphatic rings. The van der Waals surface area contributed by atoms with Gasteiger partial charge in [0.15, 0.2) is 5.82 Å². The summed E-state index contributed by atoms with van der Waals surface area (Å²) in [4.78, 5) is 11.0. The van der Waals surface area contributed by atoms with Gasteiger partial charge in [0.25, 0.3) is 0 Å². The molecule has 2 unspecified atom stereocenters. The van der Waals surface area contributed by atoms with E-state index in [9.17, 15) is 4.79 Å². The molecular formula is C11H14N4O2S. The first-order chi connectivity index (χ1) is 8.52. The molecule has 0 spiro atoms. The number of carbonyl (C=O) groups is 1. The highest BCUT2D eigenvalue weighted by Crippen LogP contribution is 2.28. The Morgan fingerprint density at radius 3 is 2.72 bits per heavy atom. The standard InChI is InChI=1S/C11H14N4O2S/c1-6-4-18-5-9(6)10-12-13-14-15(10)8(3)7(2)11(16)17/h4-5,7-8H,1-3H3,(H,16,17). The van der Waals surface area contributed by atoms with Crippen molar-refractivity contribution in [2.75, 3.05) is 0 Å². The summed E-state index contributed by atoms with van der Waals surface area (Å²) in [5.74, 6) is -0.786. The Balaban J connectivity index is 2.40. The van der Waals surface area contributed by atoms with Crippen molar-refractivity contribution in [2.45, 2.75) is 26.8 Å². The van der Waals surface area contributed by atoms with E-state index in [-0.39, 0.29) is 6.04 Å². The maximum absolute atomic E-state index is 11.0. The smallest absolute Gasteiger partial charge is 0.308 e. The van der Waals surface area contributed by atoms with E-state index in [4.69, 9.17) is 5.11 Å². The van der Waals surface area contributed by atoms with Crippen molar-refractivity contribution in [3.05, 3.63) is 16.3 Å². The molecule has 0 saturated heterocycles. The zero-order valence-corrected chi connectivity index (χ0v) is 11.2. The predicted molar refractivity (Wildman–Crippen MR) is 67.4 cm³/mol. The van der Waals surface area contributed by atoms with Crippen molar-refractivity contribution >= 4 is 17.3 Å². The third-order valence-corrected chi connectivity index (χ3v) is 3.95. The van der Waals surface area contributed by atoms with Crippen molar-refractivity contribution in [3.8, 4) is 11.4 Å². The number of aromatic nitrogens is 4. The van der Waals surface area contributed by atoms with Crippen LogP contribution in [0.5, 0.6) is 0 Å². The molecule has 0 aromatic carbocycles. The lowest BCUT2D eigenvalue weighted by molar-refractivity contribution is -0.142. The van der Waals surface area contributed by atoms with Gasteiger partial charge in [-0.15, -0.1) is 5.10 Å². The van der Waals surface area contributed by atoms with Crippen LogP contribution in [0.4, 0.5) is 0 Å². The highest BCUT2D eigenvalue weighted by atomic mass is 32.1. The van der Waals surface area contributed by atoms with Gasteiger partial charge in [-0.1, -0.05) is 0 Å². The molecule has 0 saturated carbocycles. The first-order valence-electron chi connectivity index (χ1n) is 5.56. The van der Waals surface area contributed by atoms with E-state index in [0.29, 0.717) is 5.82 Å². The Morgan fingerprint density at radius 1 is 1.44 bits per heavy atom. The second kappa shape index (κ2) is 4.85. The lowest BCUT2D eigenvalue weighted by Gasteiger charge is -2.17. The minimum Gasteiger partial charge on any atom is -0.481 e. The van der Waals surface area contributed by atoms with Crippen LogP contribution in [0, 0.1) is 12.8 Å². The van der Waals surface area contributed by atoms with Crippen LogP contribution in [0.1, 0.15) is 25.5 Å². The van der Waals surface area contributed by atoms with E-state index in [1.54, 1.807) is 29.9 Å². The van der Waals surface area contributed by atoms with Gasteiger partial charge in [0, 0.05) is 10.9 Å². The molecule has 6 nitrogen and oxygen atoms in total. The number of nitrogens with zero attached hydrogens (tertiary/aromatic N) is 4. The number of hydrogen-bond acceptors (Lipinski definition) is 5. The highest BCUT2D eigenvalue weighted by Gasteiger charge is 2.25. The quantitative estimate of drug-likeness (QED) is 0.915. The van der Waals surface area contributed by atoms with Gasteiger partial charge in [-0.2, -0.15) is 11.3 Å². The average Bonchev–Trinajstić information content (AvgIpc) is 2.94. The van der Waals surface area contributed by atoms with Gasteiger partial charge in [0.05, 0.1) is 12.0 Å². The van der Waals surface area contributed by atoms with E-state index in [0.717, 1.165) is 11.1 Å². The largest absolute Gasteiger partial charge is 0.481 e. The van der Waals surface area contributed by atoms with Gasteiger partial charge in [-0.3, -0.25) is 4.79 Å². The topological polar surface area (TPSA) is 80.9 Å². The molecule has 2 aromatic heterocycles. The Bertz CT molecular complexity index is 563. The number of hydrogen-bond donors (Lipinski definition) is 1. The average molecular weight is 266 g/mol. The molecule has 0 aliphatic carbocycles. The molecule has 0 amide bonds. The van der Waals surface area contributed by atoms with E-state index in [1.807, 2.05) is 17.7 Å². The SMILES string of the molecule is Cc1cscc1-c1nnnn1C(C)C(C)C(=O)O. The lowest BCUT2D eigenvalue weighted by atomic mass is 10.0. The predicted octanol–water partition coefficient (Wildman–Crippen LogP) is 1.99. The van der Waals surface area contributed by atoms with E-state index in [2.05, 4.69) is 15.5 Å². The third-order valence-electron chi connectivity index (χ3n) is 3.09. The van der Waals surface area contributed by atoms with Gasteiger partial charge in [-0.05, 0) is 42.1 Å². The minimum absolute atomic E-state index is 0.299. The first-order valence-corrected chi connectivity index (χ1v) is 6.50. The van der Waals surface area contributed by atoms with Crippen molar-refractivity contribution in [1.29, 1.82) is 0 Å². The molecule has 0 radical (unpaired) electrons. The van der Waals surface area contributed by atoms with Crippen LogP contribution in [-0.4, -0.2) is 31.3 Å². The molecule has 7 heteroatoms. The second-order valence-electron chi connectivity index (χ2n) is 4.28. The van der Waals surface area contributed by atoms with Crippen molar-refractivity contribution in [3.63, 3.8) is 0 Å². The van der Waals surface area contributed by atoms with Crippen molar-refractivity contribution in [1.82, 2.24) is 20.2 Å². The Morgan fingerprint density at radius 2 is 2.17 bits per heavy atom. The zero-order valence-electron chi connectivity index (χ0n) is 10.4. The van der Waals surface area contributed by atoms with Crippen LogP contribution in [-0.2, 0) is 4.79 Å². The van der Waals surface area contributed by atoms with E-state index >= 15 is 0 Å². The Hall–Kier alpha value is -1.76. The fourth-order valence-corrected chi connectivity index (χ4v) is 2.48. The summed E-state index contributed by atoms with van der Waals surface area (Å²) in [5.41, 5.74) is 2.04. The fourth-order valence-electron chi connectivity index (χ4n) is 1.65.